The monoisotopic (exact) mass is 257 g/mol. The molecule has 17 heavy (non-hydrogen) atoms. The molecule has 1 aromatic heterocycles. The summed E-state index contributed by atoms with van der Waals surface area (Å²) < 4.78 is 0. The highest BCUT2D eigenvalue weighted by molar-refractivity contribution is 6.33. The molecule has 1 atom stereocenters. The van der Waals surface area contributed by atoms with Crippen molar-refractivity contribution in [2.75, 3.05) is 18.1 Å². The van der Waals surface area contributed by atoms with Gasteiger partial charge in [-0.2, -0.15) is 0 Å². The summed E-state index contributed by atoms with van der Waals surface area (Å²) in [5.41, 5.74) is -0.126. The van der Waals surface area contributed by atoms with Crippen LogP contribution in [-0.4, -0.2) is 34.2 Å². The first-order valence-electron chi connectivity index (χ1n) is 5.31. The number of hydrogen-bond acceptors (Lipinski definition) is 5. The van der Waals surface area contributed by atoms with Gasteiger partial charge in [-0.1, -0.05) is 11.6 Å². The number of rotatable bonds is 3. The Balaban J connectivity index is 2.30. The van der Waals surface area contributed by atoms with E-state index in [2.05, 4.69) is 4.98 Å². The first-order valence-corrected chi connectivity index (χ1v) is 5.68. The quantitative estimate of drug-likeness (QED) is 0.657. The number of aliphatic hydroxyl groups excluding tert-OH is 1. The summed E-state index contributed by atoms with van der Waals surface area (Å²) in [5, 5.41) is 20.0. The van der Waals surface area contributed by atoms with Gasteiger partial charge in [0.05, 0.1) is 22.6 Å². The topological polar surface area (TPSA) is 79.5 Å². The largest absolute Gasteiger partial charge is 0.394 e. The van der Waals surface area contributed by atoms with Crippen molar-refractivity contribution in [3.63, 3.8) is 0 Å². The fourth-order valence-corrected chi connectivity index (χ4v) is 2.31. The maximum atomic E-state index is 10.6. The van der Waals surface area contributed by atoms with Crippen LogP contribution >= 0.6 is 11.6 Å². The van der Waals surface area contributed by atoms with Crippen LogP contribution in [0.15, 0.2) is 12.3 Å². The van der Waals surface area contributed by atoms with E-state index in [1.54, 1.807) is 0 Å². The molecular weight excluding hydrogens is 246 g/mol. The number of aromatic nitrogens is 1. The lowest BCUT2D eigenvalue weighted by Gasteiger charge is -2.24. The minimum atomic E-state index is -0.532. The molecule has 0 aromatic carbocycles. The van der Waals surface area contributed by atoms with Crippen LogP contribution in [0.4, 0.5) is 11.5 Å². The van der Waals surface area contributed by atoms with Crippen LogP contribution in [0.3, 0.4) is 0 Å². The molecule has 0 aliphatic carbocycles. The first kappa shape index (κ1) is 12.1. The molecule has 0 radical (unpaired) electrons. The molecular formula is C10H12ClN3O3. The normalized spacial score (nSPS) is 19.6. The van der Waals surface area contributed by atoms with Crippen molar-refractivity contribution in [3.8, 4) is 0 Å². The second-order valence-electron chi connectivity index (χ2n) is 3.93. The molecule has 2 heterocycles. The number of halogens is 1. The molecule has 0 spiro atoms. The average molecular weight is 258 g/mol. The van der Waals surface area contributed by atoms with Gasteiger partial charge >= 0.3 is 0 Å². The van der Waals surface area contributed by atoms with E-state index >= 15 is 0 Å². The standard InChI is InChI=1S/C10H12ClN3O3/c11-9-4-8(14(16)17)5-12-10(9)13-3-1-2-7(13)6-15/h4-5,7,15H,1-3,6H2. The molecule has 2 rings (SSSR count). The number of hydrogen-bond donors (Lipinski definition) is 1. The summed E-state index contributed by atoms with van der Waals surface area (Å²) in [6.07, 6.45) is 3.03. The van der Waals surface area contributed by atoms with E-state index in [1.807, 2.05) is 4.90 Å². The molecule has 1 N–H and O–H groups in total. The summed E-state index contributed by atoms with van der Waals surface area (Å²) in [6, 6.07) is 1.29. The Hall–Kier alpha value is -1.40. The summed E-state index contributed by atoms with van der Waals surface area (Å²) in [5.74, 6) is 0.508. The Morgan fingerprint density at radius 3 is 3.06 bits per heavy atom. The predicted molar refractivity (Wildman–Crippen MR) is 63.4 cm³/mol. The number of pyridine rings is 1. The molecule has 0 bridgehead atoms. The lowest BCUT2D eigenvalue weighted by molar-refractivity contribution is -0.385. The van der Waals surface area contributed by atoms with Gasteiger partial charge in [-0.3, -0.25) is 10.1 Å². The lowest BCUT2D eigenvalue weighted by atomic mass is 10.2. The summed E-state index contributed by atoms with van der Waals surface area (Å²) in [7, 11) is 0. The number of nitro groups is 1. The van der Waals surface area contributed by atoms with E-state index in [0.717, 1.165) is 19.4 Å². The second kappa shape index (κ2) is 4.85. The van der Waals surface area contributed by atoms with Crippen molar-refractivity contribution in [1.82, 2.24) is 4.98 Å². The van der Waals surface area contributed by atoms with Crippen LogP contribution in [0.2, 0.25) is 5.02 Å². The molecule has 1 saturated heterocycles. The van der Waals surface area contributed by atoms with Gasteiger partial charge in [-0.05, 0) is 12.8 Å². The molecule has 1 fully saturated rings. The van der Waals surface area contributed by atoms with Gasteiger partial charge in [0.2, 0.25) is 0 Å². The first-order chi connectivity index (χ1) is 8.13. The number of nitrogens with zero attached hydrogens (tertiary/aromatic N) is 3. The van der Waals surface area contributed by atoms with Crippen LogP contribution in [0.25, 0.3) is 0 Å². The highest BCUT2D eigenvalue weighted by atomic mass is 35.5. The lowest BCUT2D eigenvalue weighted by Crippen LogP contribution is -2.32. The smallest absolute Gasteiger partial charge is 0.289 e. The van der Waals surface area contributed by atoms with Crippen molar-refractivity contribution in [3.05, 3.63) is 27.4 Å². The Morgan fingerprint density at radius 2 is 2.47 bits per heavy atom. The van der Waals surface area contributed by atoms with Gasteiger partial charge in [-0.25, -0.2) is 4.98 Å². The summed E-state index contributed by atoms with van der Waals surface area (Å²) >= 11 is 5.99. The third-order valence-corrected chi connectivity index (χ3v) is 3.16. The van der Waals surface area contributed by atoms with Gasteiger partial charge in [0.15, 0.2) is 0 Å². The molecule has 1 aliphatic rings. The number of aliphatic hydroxyl groups is 1. The Kier molecular flexibility index (Phi) is 3.44. The van der Waals surface area contributed by atoms with E-state index in [1.165, 1.54) is 12.3 Å². The SMILES string of the molecule is O=[N+]([O-])c1cnc(N2CCCC2CO)c(Cl)c1. The molecule has 7 heteroatoms. The zero-order chi connectivity index (χ0) is 12.4. The third kappa shape index (κ3) is 2.32. The summed E-state index contributed by atoms with van der Waals surface area (Å²) in [4.78, 5) is 15.9. The van der Waals surface area contributed by atoms with E-state index in [9.17, 15) is 15.2 Å². The molecule has 1 aromatic rings. The Labute approximate surface area is 103 Å². The molecule has 1 aliphatic heterocycles. The van der Waals surface area contributed by atoms with Gasteiger partial charge in [0, 0.05) is 12.6 Å². The highest BCUT2D eigenvalue weighted by Crippen LogP contribution is 2.31. The number of anilines is 1. The summed E-state index contributed by atoms with van der Waals surface area (Å²) in [6.45, 7) is 0.796. The van der Waals surface area contributed by atoms with Crippen molar-refractivity contribution >= 4 is 23.1 Å². The van der Waals surface area contributed by atoms with Crippen molar-refractivity contribution in [2.24, 2.45) is 0 Å². The van der Waals surface area contributed by atoms with Crippen LogP contribution in [0.5, 0.6) is 0 Å². The Morgan fingerprint density at radius 1 is 1.71 bits per heavy atom. The van der Waals surface area contributed by atoms with Crippen LogP contribution in [0, 0.1) is 10.1 Å². The highest BCUT2D eigenvalue weighted by Gasteiger charge is 2.27. The van der Waals surface area contributed by atoms with E-state index in [0.29, 0.717) is 5.82 Å². The zero-order valence-corrected chi connectivity index (χ0v) is 9.80. The second-order valence-corrected chi connectivity index (χ2v) is 4.34. The van der Waals surface area contributed by atoms with E-state index in [-0.39, 0.29) is 23.4 Å². The van der Waals surface area contributed by atoms with Gasteiger partial charge in [0.1, 0.15) is 12.0 Å². The van der Waals surface area contributed by atoms with Crippen molar-refractivity contribution < 1.29 is 10.0 Å². The van der Waals surface area contributed by atoms with Crippen LogP contribution < -0.4 is 4.90 Å². The van der Waals surface area contributed by atoms with Crippen molar-refractivity contribution in [2.45, 2.75) is 18.9 Å². The molecule has 0 amide bonds. The van der Waals surface area contributed by atoms with E-state index in [4.69, 9.17) is 11.6 Å². The van der Waals surface area contributed by atoms with Gasteiger partial charge in [0.25, 0.3) is 5.69 Å². The molecule has 0 saturated carbocycles. The predicted octanol–water partition coefficient (Wildman–Crippen LogP) is 1.60. The minimum absolute atomic E-state index is 0.00135. The third-order valence-electron chi connectivity index (χ3n) is 2.88. The van der Waals surface area contributed by atoms with Crippen molar-refractivity contribution in [1.29, 1.82) is 0 Å². The average Bonchev–Trinajstić information content (AvgIpc) is 2.76. The maximum absolute atomic E-state index is 10.6. The zero-order valence-electron chi connectivity index (χ0n) is 9.04. The fourth-order valence-electron chi connectivity index (χ4n) is 2.04. The Bertz CT molecular complexity index is 441. The molecule has 1 unspecified atom stereocenters. The minimum Gasteiger partial charge on any atom is -0.394 e. The van der Waals surface area contributed by atoms with E-state index < -0.39 is 4.92 Å². The molecule has 92 valence electrons. The maximum Gasteiger partial charge on any atom is 0.289 e. The van der Waals surface area contributed by atoms with Gasteiger partial charge < -0.3 is 10.0 Å². The fraction of sp³-hybridized carbons (Fsp3) is 0.500. The van der Waals surface area contributed by atoms with Crippen LogP contribution in [0.1, 0.15) is 12.8 Å². The van der Waals surface area contributed by atoms with Crippen LogP contribution in [-0.2, 0) is 0 Å². The molecule has 6 nitrogen and oxygen atoms in total. The van der Waals surface area contributed by atoms with Gasteiger partial charge in [-0.15, -0.1) is 0 Å².